The molecule has 0 spiro atoms. The van der Waals surface area contributed by atoms with Crippen molar-refractivity contribution < 1.29 is 4.74 Å². The lowest BCUT2D eigenvalue weighted by molar-refractivity contribution is 0.152. The first-order chi connectivity index (χ1) is 7.76. The molecule has 0 unspecified atom stereocenters. The number of halogens is 1. The molecule has 5 heteroatoms. The molecule has 92 valence electrons. The Morgan fingerprint density at radius 2 is 2.25 bits per heavy atom. The molecule has 1 aromatic heterocycles. The van der Waals surface area contributed by atoms with Crippen LogP contribution >= 0.6 is 11.6 Å². The third-order valence-corrected chi connectivity index (χ3v) is 2.66. The summed E-state index contributed by atoms with van der Waals surface area (Å²) in [4.78, 5) is 2.31. The van der Waals surface area contributed by atoms with Gasteiger partial charge in [0.15, 0.2) is 0 Å². The van der Waals surface area contributed by atoms with Gasteiger partial charge >= 0.3 is 0 Å². The van der Waals surface area contributed by atoms with Gasteiger partial charge in [-0.25, -0.2) is 0 Å². The number of aromatic nitrogens is 2. The zero-order chi connectivity index (χ0) is 11.8. The van der Waals surface area contributed by atoms with Crippen LogP contribution in [0.3, 0.4) is 0 Å². The second-order valence-corrected chi connectivity index (χ2v) is 4.17. The first-order valence-electron chi connectivity index (χ1n) is 5.51. The van der Waals surface area contributed by atoms with E-state index >= 15 is 0 Å². The molecule has 16 heavy (non-hydrogen) atoms. The molecule has 4 nitrogen and oxygen atoms in total. The number of aryl methyl sites for hydroxylation is 1. The van der Waals surface area contributed by atoms with Crippen LogP contribution in [0.5, 0.6) is 0 Å². The topological polar surface area (TPSA) is 30.3 Å². The molecule has 0 saturated carbocycles. The molecule has 0 fully saturated rings. The summed E-state index contributed by atoms with van der Waals surface area (Å²) in [5.41, 5.74) is 1.26. The smallest absolute Gasteiger partial charge is 0.0589 e. The van der Waals surface area contributed by atoms with Crippen molar-refractivity contribution in [2.45, 2.75) is 6.42 Å². The van der Waals surface area contributed by atoms with Crippen LogP contribution < -0.4 is 0 Å². The minimum atomic E-state index is 0.663. The Kier molecular flexibility index (Phi) is 6.45. The highest BCUT2D eigenvalue weighted by Gasteiger charge is 2.05. The number of hydrogen-bond acceptors (Lipinski definition) is 3. The Morgan fingerprint density at radius 1 is 1.44 bits per heavy atom. The van der Waals surface area contributed by atoms with E-state index in [9.17, 15) is 0 Å². The van der Waals surface area contributed by atoms with Crippen molar-refractivity contribution in [2.75, 3.05) is 39.2 Å². The zero-order valence-corrected chi connectivity index (χ0v) is 10.8. The fourth-order valence-corrected chi connectivity index (χ4v) is 1.80. The second kappa shape index (κ2) is 7.65. The highest BCUT2D eigenvalue weighted by Crippen LogP contribution is 2.00. The molecular formula is C11H20ClN3O. The molecule has 0 aliphatic heterocycles. The van der Waals surface area contributed by atoms with Gasteiger partial charge in [-0.3, -0.25) is 9.58 Å². The predicted octanol–water partition coefficient (Wildman–Crippen LogP) is 1.15. The monoisotopic (exact) mass is 245 g/mol. The van der Waals surface area contributed by atoms with Crippen LogP contribution in [-0.2, 0) is 18.2 Å². The standard InChI is InChI=1S/C11H20ClN3O/c1-14-10-11(9-13-14)3-5-15(6-4-12)7-8-16-2/h9-10H,3-8H2,1-2H3. The van der Waals surface area contributed by atoms with Crippen molar-refractivity contribution in [2.24, 2.45) is 7.05 Å². The van der Waals surface area contributed by atoms with Gasteiger partial charge in [-0.2, -0.15) is 5.10 Å². The van der Waals surface area contributed by atoms with Crippen molar-refractivity contribution in [1.82, 2.24) is 14.7 Å². The molecule has 0 aromatic carbocycles. The Balaban J connectivity index is 2.30. The fourth-order valence-electron chi connectivity index (χ4n) is 1.56. The quantitative estimate of drug-likeness (QED) is 0.644. The van der Waals surface area contributed by atoms with Gasteiger partial charge in [-0.1, -0.05) is 0 Å². The van der Waals surface area contributed by atoms with E-state index in [4.69, 9.17) is 16.3 Å². The summed E-state index contributed by atoms with van der Waals surface area (Å²) in [6.45, 7) is 3.60. The van der Waals surface area contributed by atoms with E-state index in [1.165, 1.54) is 5.56 Å². The van der Waals surface area contributed by atoms with Crippen LogP contribution in [0, 0.1) is 0 Å². The number of ether oxygens (including phenoxy) is 1. The molecule has 0 bridgehead atoms. The highest BCUT2D eigenvalue weighted by molar-refractivity contribution is 6.18. The Bertz CT molecular complexity index is 291. The fraction of sp³-hybridized carbons (Fsp3) is 0.727. The van der Waals surface area contributed by atoms with E-state index in [-0.39, 0.29) is 0 Å². The normalized spacial score (nSPS) is 11.2. The lowest BCUT2D eigenvalue weighted by atomic mass is 10.2. The summed E-state index contributed by atoms with van der Waals surface area (Å²) in [5.74, 6) is 0.663. The van der Waals surface area contributed by atoms with Crippen molar-refractivity contribution in [1.29, 1.82) is 0 Å². The maximum Gasteiger partial charge on any atom is 0.0589 e. The van der Waals surface area contributed by atoms with Crippen molar-refractivity contribution in [3.05, 3.63) is 18.0 Å². The number of hydrogen-bond donors (Lipinski definition) is 0. The van der Waals surface area contributed by atoms with Crippen LogP contribution in [0.15, 0.2) is 12.4 Å². The maximum absolute atomic E-state index is 5.76. The summed E-state index contributed by atoms with van der Waals surface area (Å²) < 4.78 is 6.90. The van der Waals surface area contributed by atoms with E-state index in [1.807, 2.05) is 17.9 Å². The van der Waals surface area contributed by atoms with Crippen LogP contribution in [0.4, 0.5) is 0 Å². The largest absolute Gasteiger partial charge is 0.383 e. The summed E-state index contributed by atoms with van der Waals surface area (Å²) in [5, 5.41) is 4.15. The number of methoxy groups -OCH3 is 1. The molecule has 1 heterocycles. The van der Waals surface area contributed by atoms with Crippen LogP contribution in [0.1, 0.15) is 5.56 Å². The predicted molar refractivity (Wildman–Crippen MR) is 65.9 cm³/mol. The van der Waals surface area contributed by atoms with Crippen molar-refractivity contribution in [3.8, 4) is 0 Å². The molecule has 1 aromatic rings. The molecule has 0 amide bonds. The Hall–Kier alpha value is -0.580. The lowest BCUT2D eigenvalue weighted by Crippen LogP contribution is -2.31. The zero-order valence-electron chi connectivity index (χ0n) is 10.0. The van der Waals surface area contributed by atoms with E-state index < -0.39 is 0 Å². The van der Waals surface area contributed by atoms with E-state index in [0.717, 1.165) is 32.7 Å². The van der Waals surface area contributed by atoms with Crippen LogP contribution in [0.25, 0.3) is 0 Å². The molecule has 0 N–H and O–H groups in total. The summed E-state index contributed by atoms with van der Waals surface area (Å²) in [6, 6.07) is 0. The number of nitrogens with zero attached hydrogens (tertiary/aromatic N) is 3. The second-order valence-electron chi connectivity index (χ2n) is 3.80. The molecule has 0 aliphatic rings. The molecule has 0 aliphatic carbocycles. The lowest BCUT2D eigenvalue weighted by Gasteiger charge is -2.20. The van der Waals surface area contributed by atoms with Crippen LogP contribution in [-0.4, -0.2) is 53.9 Å². The number of alkyl halides is 1. The van der Waals surface area contributed by atoms with Gasteiger partial charge in [0.05, 0.1) is 12.8 Å². The third kappa shape index (κ3) is 4.96. The summed E-state index contributed by atoms with van der Waals surface area (Å²) >= 11 is 5.76. The van der Waals surface area contributed by atoms with Gasteiger partial charge in [0.2, 0.25) is 0 Å². The summed E-state index contributed by atoms with van der Waals surface area (Å²) in [7, 11) is 3.66. The molecule has 0 radical (unpaired) electrons. The highest BCUT2D eigenvalue weighted by atomic mass is 35.5. The SMILES string of the molecule is COCCN(CCCl)CCc1cnn(C)c1. The third-order valence-electron chi connectivity index (χ3n) is 2.49. The van der Waals surface area contributed by atoms with Gasteiger partial charge in [0, 0.05) is 45.9 Å². The Morgan fingerprint density at radius 3 is 2.81 bits per heavy atom. The minimum absolute atomic E-state index is 0.663. The van der Waals surface area contributed by atoms with E-state index in [1.54, 1.807) is 7.11 Å². The Labute approximate surface area is 102 Å². The molecule has 1 rings (SSSR count). The first-order valence-corrected chi connectivity index (χ1v) is 6.04. The average Bonchev–Trinajstić information content (AvgIpc) is 2.68. The summed E-state index contributed by atoms with van der Waals surface area (Å²) in [6.07, 6.45) is 4.97. The van der Waals surface area contributed by atoms with Gasteiger partial charge < -0.3 is 4.74 Å². The van der Waals surface area contributed by atoms with Crippen molar-refractivity contribution >= 4 is 11.6 Å². The average molecular weight is 246 g/mol. The number of rotatable bonds is 8. The maximum atomic E-state index is 5.76. The molecule has 0 atom stereocenters. The minimum Gasteiger partial charge on any atom is -0.383 e. The van der Waals surface area contributed by atoms with Crippen molar-refractivity contribution in [3.63, 3.8) is 0 Å². The van der Waals surface area contributed by atoms with Gasteiger partial charge in [0.1, 0.15) is 0 Å². The van der Waals surface area contributed by atoms with E-state index in [0.29, 0.717) is 5.88 Å². The van der Waals surface area contributed by atoms with Crippen LogP contribution in [0.2, 0.25) is 0 Å². The van der Waals surface area contributed by atoms with Gasteiger partial charge in [-0.15, -0.1) is 11.6 Å². The van der Waals surface area contributed by atoms with Gasteiger partial charge in [-0.05, 0) is 12.0 Å². The first kappa shape index (κ1) is 13.5. The molecular weight excluding hydrogens is 226 g/mol. The van der Waals surface area contributed by atoms with E-state index in [2.05, 4.69) is 16.2 Å². The van der Waals surface area contributed by atoms with Gasteiger partial charge in [0.25, 0.3) is 0 Å². The molecule has 0 saturated heterocycles.